The largest absolute Gasteiger partial charge is 0.441 e. The summed E-state index contributed by atoms with van der Waals surface area (Å²) in [5.41, 5.74) is 0.911. The number of rotatable bonds is 5. The number of aryl methyl sites for hydroxylation is 2. The van der Waals surface area contributed by atoms with Crippen molar-refractivity contribution < 1.29 is 4.42 Å². The summed E-state index contributed by atoms with van der Waals surface area (Å²) < 4.78 is 8.30. The van der Waals surface area contributed by atoms with Crippen molar-refractivity contribution in [3.63, 3.8) is 0 Å². The highest BCUT2D eigenvalue weighted by molar-refractivity contribution is 7.99. The van der Waals surface area contributed by atoms with Crippen molar-refractivity contribution >= 4 is 33.9 Å². The van der Waals surface area contributed by atoms with Crippen LogP contribution in [0, 0.1) is 0 Å². The van der Waals surface area contributed by atoms with Crippen LogP contribution in [-0.4, -0.2) is 29.8 Å². The van der Waals surface area contributed by atoms with Gasteiger partial charge in [0.25, 0.3) is 5.56 Å². The van der Waals surface area contributed by atoms with Gasteiger partial charge in [-0.15, -0.1) is 11.8 Å². The quantitative estimate of drug-likeness (QED) is 0.268. The average Bonchev–Trinajstić information content (AvgIpc) is 3.15. The lowest BCUT2D eigenvalue weighted by Crippen LogP contribution is -2.38. The molecule has 0 aliphatic rings. The van der Waals surface area contributed by atoms with Gasteiger partial charge < -0.3 is 4.42 Å². The molecule has 3 aromatic heterocycles. The Kier molecular flexibility index (Phi) is 5.47. The van der Waals surface area contributed by atoms with Gasteiger partial charge >= 0.3 is 5.69 Å². The van der Waals surface area contributed by atoms with E-state index in [4.69, 9.17) is 9.40 Å². The first-order valence-corrected chi connectivity index (χ1v) is 11.1. The highest BCUT2D eigenvalue weighted by Gasteiger charge is 2.23. The third-order valence-electron chi connectivity index (χ3n) is 5.05. The van der Waals surface area contributed by atoms with Crippen LogP contribution in [0.25, 0.3) is 22.1 Å². The van der Waals surface area contributed by atoms with E-state index in [9.17, 15) is 9.59 Å². The Labute approximate surface area is 183 Å². The number of thioether (sulfide) groups is 1. The van der Waals surface area contributed by atoms with E-state index >= 15 is 0 Å². The van der Waals surface area contributed by atoms with Gasteiger partial charge in [-0.25, -0.2) is 19.7 Å². The summed E-state index contributed by atoms with van der Waals surface area (Å²) in [6.07, 6.45) is 1.49. The molecule has 9 heteroatoms. The fourth-order valence-corrected chi connectivity index (χ4v) is 4.24. The molecule has 0 aliphatic carbocycles. The van der Waals surface area contributed by atoms with Gasteiger partial charge in [0.1, 0.15) is 21.8 Å². The monoisotopic (exact) mass is 439 g/mol. The maximum absolute atomic E-state index is 12.9. The molecule has 0 amide bonds. The van der Waals surface area contributed by atoms with Crippen molar-refractivity contribution in [3.05, 3.63) is 56.8 Å². The molecule has 0 atom stereocenters. The Morgan fingerprint density at radius 2 is 1.77 bits per heavy atom. The molecule has 0 radical (unpaired) electrons. The average molecular weight is 440 g/mol. The molecule has 3 heterocycles. The predicted molar refractivity (Wildman–Crippen MR) is 122 cm³/mol. The summed E-state index contributed by atoms with van der Waals surface area (Å²) in [4.78, 5) is 39.1. The van der Waals surface area contributed by atoms with Crippen LogP contribution in [0.4, 0.5) is 0 Å². The van der Waals surface area contributed by atoms with E-state index in [1.54, 1.807) is 7.05 Å². The predicted octanol–water partition coefficient (Wildman–Crippen LogP) is 3.19. The van der Waals surface area contributed by atoms with Gasteiger partial charge in [0.2, 0.25) is 0 Å². The molecule has 162 valence electrons. The molecule has 0 saturated carbocycles. The Morgan fingerprint density at radius 3 is 2.48 bits per heavy atom. The third kappa shape index (κ3) is 4.01. The zero-order valence-electron chi connectivity index (χ0n) is 18.3. The lowest BCUT2D eigenvalue weighted by atomic mass is 9.96. The SMILES string of the molecule is Cn1c(=O)c2c(SCCCc3nc4ccccc4o3)nc(C(C)(C)C)nc2n(C)c1=O. The van der Waals surface area contributed by atoms with E-state index in [0.29, 0.717) is 34.2 Å². The molecule has 0 unspecified atom stereocenters. The number of aromatic nitrogens is 5. The highest BCUT2D eigenvalue weighted by Crippen LogP contribution is 2.27. The van der Waals surface area contributed by atoms with Crippen LogP contribution in [0.3, 0.4) is 0 Å². The summed E-state index contributed by atoms with van der Waals surface area (Å²) in [7, 11) is 3.11. The van der Waals surface area contributed by atoms with E-state index < -0.39 is 5.69 Å². The van der Waals surface area contributed by atoms with Gasteiger partial charge in [-0.05, 0) is 18.6 Å². The molecule has 8 nitrogen and oxygen atoms in total. The van der Waals surface area contributed by atoms with Crippen molar-refractivity contribution in [1.82, 2.24) is 24.1 Å². The van der Waals surface area contributed by atoms with Gasteiger partial charge in [0, 0.05) is 31.7 Å². The first-order chi connectivity index (χ1) is 14.7. The zero-order chi connectivity index (χ0) is 22.3. The van der Waals surface area contributed by atoms with Crippen LogP contribution in [0.2, 0.25) is 0 Å². The fraction of sp³-hybridized carbons (Fsp3) is 0.409. The summed E-state index contributed by atoms with van der Waals surface area (Å²) in [6.45, 7) is 6.03. The molecule has 0 bridgehead atoms. The Bertz CT molecular complexity index is 1360. The second-order valence-electron chi connectivity index (χ2n) is 8.53. The first kappa shape index (κ1) is 21.3. The molecule has 4 aromatic rings. The molecule has 0 spiro atoms. The molecule has 0 fully saturated rings. The number of oxazole rings is 1. The maximum Gasteiger partial charge on any atom is 0.332 e. The van der Waals surface area contributed by atoms with Gasteiger partial charge in [-0.2, -0.15) is 0 Å². The number of hydrogen-bond acceptors (Lipinski definition) is 7. The highest BCUT2D eigenvalue weighted by atomic mass is 32.2. The summed E-state index contributed by atoms with van der Waals surface area (Å²) in [6, 6.07) is 7.69. The number of hydrogen-bond donors (Lipinski definition) is 0. The standard InChI is InChI=1S/C22H25N5O3S/c1-22(2,3)20-24-17-16(19(28)27(5)21(29)26(17)4)18(25-20)31-12-8-11-15-23-13-9-6-7-10-14(13)30-15/h6-7,9-10H,8,11-12H2,1-5H3. The second-order valence-corrected chi connectivity index (χ2v) is 9.62. The van der Waals surface area contributed by atoms with Crippen LogP contribution >= 0.6 is 11.8 Å². The van der Waals surface area contributed by atoms with Gasteiger partial charge in [-0.1, -0.05) is 32.9 Å². The molecule has 0 saturated heterocycles. The van der Waals surface area contributed by atoms with Crippen LogP contribution in [0.1, 0.15) is 38.9 Å². The van der Waals surface area contributed by atoms with Crippen LogP contribution < -0.4 is 11.2 Å². The number of benzene rings is 1. The minimum atomic E-state index is -0.400. The lowest BCUT2D eigenvalue weighted by Gasteiger charge is -2.19. The van der Waals surface area contributed by atoms with E-state index in [1.165, 1.54) is 23.4 Å². The van der Waals surface area contributed by atoms with Crippen molar-refractivity contribution in [2.24, 2.45) is 14.1 Å². The normalized spacial score (nSPS) is 12.2. The fourth-order valence-electron chi connectivity index (χ4n) is 3.29. The van der Waals surface area contributed by atoms with Gasteiger partial charge in [-0.3, -0.25) is 13.9 Å². The molecule has 31 heavy (non-hydrogen) atoms. The Hall–Kier alpha value is -2.94. The maximum atomic E-state index is 12.9. The van der Waals surface area contributed by atoms with Gasteiger partial charge in [0.05, 0.1) is 0 Å². The topological polar surface area (TPSA) is 95.8 Å². The Morgan fingerprint density at radius 1 is 1.03 bits per heavy atom. The van der Waals surface area contributed by atoms with Crippen molar-refractivity contribution in [2.75, 3.05) is 5.75 Å². The molecule has 0 aliphatic heterocycles. The molecular formula is C22H25N5O3S. The molecular weight excluding hydrogens is 414 g/mol. The van der Waals surface area contributed by atoms with Crippen molar-refractivity contribution in [1.29, 1.82) is 0 Å². The van der Waals surface area contributed by atoms with Crippen LogP contribution in [0.5, 0.6) is 0 Å². The second kappa shape index (κ2) is 7.96. The minimum Gasteiger partial charge on any atom is -0.441 e. The van der Waals surface area contributed by atoms with Crippen LogP contribution in [-0.2, 0) is 25.9 Å². The lowest BCUT2D eigenvalue weighted by molar-refractivity contribution is 0.526. The summed E-state index contributed by atoms with van der Waals surface area (Å²) >= 11 is 1.49. The zero-order valence-corrected chi connectivity index (χ0v) is 19.1. The molecule has 4 rings (SSSR count). The van der Waals surface area contributed by atoms with Crippen molar-refractivity contribution in [2.45, 2.75) is 44.1 Å². The number of para-hydroxylation sites is 2. The van der Waals surface area contributed by atoms with E-state index in [0.717, 1.165) is 27.8 Å². The molecule has 1 aromatic carbocycles. The molecule has 0 N–H and O–H groups in total. The summed E-state index contributed by atoms with van der Waals surface area (Å²) in [5, 5.41) is 0.980. The Balaban J connectivity index is 1.64. The van der Waals surface area contributed by atoms with Gasteiger partial charge in [0.15, 0.2) is 17.1 Å². The van der Waals surface area contributed by atoms with Crippen LogP contribution in [0.15, 0.2) is 43.3 Å². The smallest absolute Gasteiger partial charge is 0.332 e. The third-order valence-corrected chi connectivity index (χ3v) is 6.11. The number of nitrogens with zero attached hydrogens (tertiary/aromatic N) is 5. The van der Waals surface area contributed by atoms with E-state index in [2.05, 4.69) is 9.97 Å². The summed E-state index contributed by atoms with van der Waals surface area (Å²) in [5.74, 6) is 2.02. The van der Waals surface area contributed by atoms with Crippen molar-refractivity contribution in [3.8, 4) is 0 Å². The van der Waals surface area contributed by atoms with E-state index in [-0.39, 0.29) is 11.0 Å². The first-order valence-electron chi connectivity index (χ1n) is 10.1. The number of fused-ring (bicyclic) bond motifs is 2. The van der Waals surface area contributed by atoms with E-state index in [1.807, 2.05) is 45.0 Å². The minimum absolute atomic E-state index is 0.321.